The van der Waals surface area contributed by atoms with Crippen molar-refractivity contribution in [1.82, 2.24) is 9.29 Å². The van der Waals surface area contributed by atoms with Gasteiger partial charge in [-0.15, -0.1) is 0 Å². The third-order valence-corrected chi connectivity index (χ3v) is 8.36. The smallest absolute Gasteiger partial charge is 0.274 e. The minimum atomic E-state index is -3.48. The fourth-order valence-corrected chi connectivity index (χ4v) is 6.43. The molecule has 2 aliphatic heterocycles. The summed E-state index contributed by atoms with van der Waals surface area (Å²) in [7, 11) is -3.48. The van der Waals surface area contributed by atoms with Gasteiger partial charge in [-0.1, -0.05) is 12.5 Å². The first kappa shape index (κ1) is 20.3. The second-order valence-corrected chi connectivity index (χ2v) is 10.6. The molecule has 1 saturated heterocycles. The minimum absolute atomic E-state index is 0.0846. The quantitative estimate of drug-likeness (QED) is 0.669. The lowest BCUT2D eigenvalue weighted by Crippen LogP contribution is -2.35. The molecule has 3 aromatic rings. The molecular weight excluding hydrogens is 410 g/mol. The third-order valence-electron chi connectivity index (χ3n) is 6.46. The molecule has 1 amide bonds. The lowest BCUT2D eigenvalue weighted by Gasteiger charge is -2.26. The zero-order valence-corrected chi connectivity index (χ0v) is 18.8. The van der Waals surface area contributed by atoms with Crippen LogP contribution in [-0.2, 0) is 16.4 Å². The Hall–Kier alpha value is -2.64. The second-order valence-electron chi connectivity index (χ2n) is 8.69. The number of nitrogens with one attached hydrogen (secondary N) is 1. The van der Waals surface area contributed by atoms with Crippen molar-refractivity contribution in [1.29, 1.82) is 0 Å². The van der Waals surface area contributed by atoms with Gasteiger partial charge >= 0.3 is 0 Å². The number of aromatic nitrogens is 1. The lowest BCUT2D eigenvalue weighted by molar-refractivity contribution is 0.0985. The number of sulfonamides is 1. The van der Waals surface area contributed by atoms with Crippen LogP contribution in [0, 0.1) is 13.8 Å². The van der Waals surface area contributed by atoms with E-state index >= 15 is 0 Å². The highest BCUT2D eigenvalue weighted by Gasteiger charge is 2.31. The molecule has 1 aromatic heterocycles. The number of carbonyl (C=O) groups excluding carboxylic acids is 1. The molecule has 2 aromatic carbocycles. The Balaban J connectivity index is 1.44. The summed E-state index contributed by atoms with van der Waals surface area (Å²) in [6.07, 6.45) is 3.56. The Kier molecular flexibility index (Phi) is 4.90. The van der Waals surface area contributed by atoms with Gasteiger partial charge in [-0.05, 0) is 80.1 Å². The summed E-state index contributed by atoms with van der Waals surface area (Å²) in [4.78, 5) is 18.6. The molecule has 31 heavy (non-hydrogen) atoms. The van der Waals surface area contributed by atoms with Gasteiger partial charge in [0.25, 0.3) is 5.91 Å². The number of fused-ring (bicyclic) bond motifs is 2. The zero-order valence-electron chi connectivity index (χ0n) is 17.9. The largest absolute Gasteiger partial charge is 0.350 e. The van der Waals surface area contributed by atoms with Crippen molar-refractivity contribution < 1.29 is 13.2 Å². The SMILES string of the molecule is Cc1cc(C)c2cc(C(=O)N3CCc4cc(S(=O)(=O)N5CCCCC5)ccc43)[nH]c2c1. The average molecular weight is 438 g/mol. The van der Waals surface area contributed by atoms with Crippen LogP contribution >= 0.6 is 0 Å². The topological polar surface area (TPSA) is 73.5 Å². The number of rotatable bonds is 3. The first-order valence-corrected chi connectivity index (χ1v) is 12.3. The number of aromatic amines is 1. The van der Waals surface area contributed by atoms with E-state index in [4.69, 9.17) is 0 Å². The van der Waals surface area contributed by atoms with Crippen LogP contribution in [0.5, 0.6) is 0 Å². The van der Waals surface area contributed by atoms with Crippen LogP contribution in [0.15, 0.2) is 41.3 Å². The highest BCUT2D eigenvalue weighted by molar-refractivity contribution is 7.89. The predicted octanol–water partition coefficient (Wildman–Crippen LogP) is 4.16. The van der Waals surface area contributed by atoms with Crippen LogP contribution in [0.4, 0.5) is 5.69 Å². The lowest BCUT2D eigenvalue weighted by atomic mass is 10.1. The normalized spacial score (nSPS) is 17.3. The Labute approximate surface area is 182 Å². The van der Waals surface area contributed by atoms with Crippen LogP contribution in [0.3, 0.4) is 0 Å². The van der Waals surface area contributed by atoms with E-state index in [0.29, 0.717) is 36.6 Å². The molecule has 0 bridgehead atoms. The average Bonchev–Trinajstić information content (AvgIpc) is 3.38. The molecular formula is C24H27N3O3S. The van der Waals surface area contributed by atoms with Gasteiger partial charge in [0, 0.05) is 36.2 Å². The van der Waals surface area contributed by atoms with E-state index < -0.39 is 10.0 Å². The maximum atomic E-state index is 13.3. The fourth-order valence-electron chi connectivity index (χ4n) is 4.86. The highest BCUT2D eigenvalue weighted by atomic mass is 32.2. The van der Waals surface area contributed by atoms with Gasteiger partial charge in [0.05, 0.1) is 4.90 Å². The summed E-state index contributed by atoms with van der Waals surface area (Å²) in [5.41, 5.74) is 5.52. The van der Waals surface area contributed by atoms with Gasteiger partial charge in [-0.25, -0.2) is 8.42 Å². The minimum Gasteiger partial charge on any atom is -0.350 e. The summed E-state index contributed by atoms with van der Waals surface area (Å²) in [6.45, 7) is 5.81. The van der Waals surface area contributed by atoms with E-state index in [2.05, 4.69) is 17.1 Å². The Morgan fingerprint density at radius 3 is 2.52 bits per heavy atom. The van der Waals surface area contributed by atoms with Crippen molar-refractivity contribution in [3.63, 3.8) is 0 Å². The van der Waals surface area contributed by atoms with Crippen LogP contribution < -0.4 is 4.90 Å². The first-order valence-electron chi connectivity index (χ1n) is 10.9. The predicted molar refractivity (Wildman–Crippen MR) is 122 cm³/mol. The van der Waals surface area contributed by atoms with Gasteiger partial charge < -0.3 is 9.88 Å². The van der Waals surface area contributed by atoms with Crippen LogP contribution in [-0.4, -0.2) is 43.2 Å². The Morgan fingerprint density at radius 2 is 1.74 bits per heavy atom. The molecule has 0 atom stereocenters. The molecule has 2 aliphatic rings. The third kappa shape index (κ3) is 3.46. The van der Waals surface area contributed by atoms with Gasteiger partial charge in [-0.3, -0.25) is 4.79 Å². The van der Waals surface area contributed by atoms with Gasteiger partial charge in [0.15, 0.2) is 0 Å². The maximum absolute atomic E-state index is 13.3. The fraction of sp³-hybridized carbons (Fsp3) is 0.375. The molecule has 5 rings (SSSR count). The summed E-state index contributed by atoms with van der Waals surface area (Å²) >= 11 is 0. The standard InChI is InChI=1S/C24H27N3O3S/c1-16-12-17(2)20-15-22(25-21(20)13-16)24(28)27-11-8-18-14-19(6-7-23(18)27)31(29,30)26-9-4-3-5-10-26/h6-7,12-15,25H,3-5,8-11H2,1-2H3. The number of benzene rings is 2. The van der Waals surface area contributed by atoms with Crippen LogP contribution in [0.25, 0.3) is 10.9 Å². The van der Waals surface area contributed by atoms with Crippen molar-refractivity contribution in [3.8, 4) is 0 Å². The number of H-pyrrole nitrogens is 1. The zero-order chi connectivity index (χ0) is 21.8. The maximum Gasteiger partial charge on any atom is 0.274 e. The number of hydrogen-bond donors (Lipinski definition) is 1. The Morgan fingerprint density at radius 1 is 0.968 bits per heavy atom. The molecule has 162 valence electrons. The molecule has 7 heteroatoms. The number of amides is 1. The molecule has 0 radical (unpaired) electrons. The molecule has 0 aliphatic carbocycles. The summed E-state index contributed by atoms with van der Waals surface area (Å²) in [5, 5.41) is 1.05. The Bertz CT molecular complexity index is 1290. The van der Waals surface area contributed by atoms with E-state index in [1.807, 2.05) is 19.9 Å². The summed E-state index contributed by atoms with van der Waals surface area (Å²) < 4.78 is 27.6. The highest BCUT2D eigenvalue weighted by Crippen LogP contribution is 2.33. The number of anilines is 1. The molecule has 3 heterocycles. The van der Waals surface area contributed by atoms with E-state index in [0.717, 1.165) is 52.5 Å². The number of piperidine rings is 1. The van der Waals surface area contributed by atoms with E-state index in [1.54, 1.807) is 27.4 Å². The molecule has 0 spiro atoms. The summed E-state index contributed by atoms with van der Waals surface area (Å²) in [5.74, 6) is -0.0846. The van der Waals surface area contributed by atoms with Gasteiger partial charge in [0.2, 0.25) is 10.0 Å². The molecule has 0 unspecified atom stereocenters. The monoisotopic (exact) mass is 437 g/mol. The van der Waals surface area contributed by atoms with Crippen molar-refractivity contribution in [2.45, 2.75) is 44.4 Å². The number of aryl methyl sites for hydroxylation is 2. The number of hydrogen-bond acceptors (Lipinski definition) is 3. The molecule has 1 fully saturated rings. The summed E-state index contributed by atoms with van der Waals surface area (Å²) in [6, 6.07) is 11.3. The van der Waals surface area contributed by atoms with E-state index in [-0.39, 0.29) is 5.91 Å². The second kappa shape index (κ2) is 7.50. The first-order chi connectivity index (χ1) is 14.8. The van der Waals surface area contributed by atoms with Crippen molar-refractivity contribution in [2.24, 2.45) is 0 Å². The van der Waals surface area contributed by atoms with Crippen molar-refractivity contribution in [3.05, 3.63) is 58.8 Å². The molecule has 0 saturated carbocycles. The van der Waals surface area contributed by atoms with Gasteiger partial charge in [0.1, 0.15) is 5.69 Å². The molecule has 6 nitrogen and oxygen atoms in total. The van der Waals surface area contributed by atoms with Crippen LogP contribution in [0.1, 0.15) is 46.4 Å². The molecule has 1 N–H and O–H groups in total. The number of nitrogens with zero attached hydrogens (tertiary/aromatic N) is 2. The van der Waals surface area contributed by atoms with Crippen LogP contribution in [0.2, 0.25) is 0 Å². The van der Waals surface area contributed by atoms with E-state index in [1.165, 1.54) is 0 Å². The van der Waals surface area contributed by atoms with Crippen molar-refractivity contribution in [2.75, 3.05) is 24.5 Å². The number of carbonyl (C=O) groups is 1. The van der Waals surface area contributed by atoms with E-state index in [9.17, 15) is 13.2 Å². The van der Waals surface area contributed by atoms with Crippen molar-refractivity contribution >= 4 is 32.5 Å². The van der Waals surface area contributed by atoms with Gasteiger partial charge in [-0.2, -0.15) is 4.31 Å².